The summed E-state index contributed by atoms with van der Waals surface area (Å²) < 4.78 is 29.4. The molecule has 3 heterocycles. The largest absolute Gasteiger partial charge is 0.472 e. The maximum absolute atomic E-state index is 12.4. The highest BCUT2D eigenvalue weighted by Crippen LogP contribution is 2.44. The summed E-state index contributed by atoms with van der Waals surface area (Å²) in [4.78, 5) is 22.2. The van der Waals surface area contributed by atoms with Gasteiger partial charge in [-0.15, -0.1) is 0 Å². The van der Waals surface area contributed by atoms with E-state index < -0.39 is 13.9 Å². The van der Waals surface area contributed by atoms with E-state index in [1.54, 1.807) is 0 Å². The highest BCUT2D eigenvalue weighted by Gasteiger charge is 2.39. The number of carbonyl (C=O) groups is 1. The molecule has 0 saturated carbocycles. The van der Waals surface area contributed by atoms with Gasteiger partial charge in [0.25, 0.3) is 0 Å². The van der Waals surface area contributed by atoms with Crippen molar-refractivity contribution in [3.63, 3.8) is 0 Å². The number of rotatable bonds is 23. The standard InChI is InChI=1S/C29H57N2O6P/c1-3-5-6-7-8-9-10-11-12-19-30-29(32)35-25-28(15-4-2)26-37-38(33,34)36-24-14-13-20-31-21-16-27(17-22-31)18-23-31/h27-28H,3-26H2,1-2H3,(H-,30,32,33,34)/p+1. The Hall–Kier alpha value is -0.660. The van der Waals surface area contributed by atoms with Crippen LogP contribution in [-0.4, -0.2) is 68.0 Å². The van der Waals surface area contributed by atoms with Crippen molar-refractivity contribution in [1.82, 2.24) is 5.32 Å². The molecule has 0 aromatic heterocycles. The van der Waals surface area contributed by atoms with Gasteiger partial charge < -0.3 is 19.4 Å². The Morgan fingerprint density at radius 3 is 2.13 bits per heavy atom. The molecule has 3 fully saturated rings. The lowest BCUT2D eigenvalue weighted by molar-refractivity contribution is -0.942. The lowest BCUT2D eigenvalue weighted by Crippen LogP contribution is -2.58. The van der Waals surface area contributed by atoms with Crippen LogP contribution >= 0.6 is 7.82 Å². The molecule has 1 amide bonds. The van der Waals surface area contributed by atoms with Gasteiger partial charge >= 0.3 is 13.9 Å². The number of carbonyl (C=O) groups excluding carboxylic acids is 1. The molecule has 3 aliphatic rings. The lowest BCUT2D eigenvalue weighted by Gasteiger charge is -2.49. The number of ether oxygens (including phenoxy) is 1. The van der Waals surface area contributed by atoms with Crippen molar-refractivity contribution >= 4 is 13.9 Å². The molecule has 2 unspecified atom stereocenters. The topological polar surface area (TPSA) is 94.1 Å². The minimum Gasteiger partial charge on any atom is -0.449 e. The lowest BCUT2D eigenvalue weighted by atomic mass is 9.85. The second kappa shape index (κ2) is 19.4. The van der Waals surface area contributed by atoms with Gasteiger partial charge in [0, 0.05) is 12.5 Å². The van der Waals surface area contributed by atoms with Crippen molar-refractivity contribution in [3.05, 3.63) is 0 Å². The first-order chi connectivity index (χ1) is 18.4. The fourth-order valence-corrected chi connectivity index (χ4v) is 6.77. The molecule has 9 heteroatoms. The third-order valence-corrected chi connectivity index (χ3v) is 9.47. The number of hydrogen-bond acceptors (Lipinski definition) is 5. The third kappa shape index (κ3) is 14.6. The summed E-state index contributed by atoms with van der Waals surface area (Å²) in [6.45, 7) is 10.3. The van der Waals surface area contributed by atoms with E-state index in [9.17, 15) is 14.3 Å². The second-order valence-corrected chi connectivity index (χ2v) is 13.2. The zero-order valence-electron chi connectivity index (χ0n) is 24.5. The Labute approximate surface area is 232 Å². The molecule has 0 radical (unpaired) electrons. The number of quaternary nitrogens is 1. The fourth-order valence-electron chi connectivity index (χ4n) is 5.93. The zero-order valence-corrected chi connectivity index (χ0v) is 25.4. The van der Waals surface area contributed by atoms with Crippen LogP contribution in [0.25, 0.3) is 0 Å². The number of fused-ring (bicyclic) bond motifs is 3. The number of amides is 1. The van der Waals surface area contributed by atoms with E-state index in [1.165, 1.54) is 88.3 Å². The molecule has 38 heavy (non-hydrogen) atoms. The van der Waals surface area contributed by atoms with Crippen molar-refractivity contribution < 1.29 is 32.5 Å². The smallest absolute Gasteiger partial charge is 0.449 e. The van der Waals surface area contributed by atoms with Crippen LogP contribution in [0.5, 0.6) is 0 Å². The molecule has 0 aromatic rings. The normalized spacial score (nSPS) is 23.2. The minimum absolute atomic E-state index is 0.0360. The van der Waals surface area contributed by atoms with Crippen LogP contribution in [0.1, 0.15) is 117 Å². The average molecular weight is 562 g/mol. The first kappa shape index (κ1) is 33.5. The van der Waals surface area contributed by atoms with E-state index >= 15 is 0 Å². The Morgan fingerprint density at radius 1 is 0.868 bits per heavy atom. The summed E-state index contributed by atoms with van der Waals surface area (Å²) in [6, 6.07) is 0. The summed E-state index contributed by atoms with van der Waals surface area (Å²) in [5, 5.41) is 2.81. The first-order valence-corrected chi connectivity index (χ1v) is 17.2. The number of phosphoric acid groups is 1. The molecule has 3 rings (SSSR count). The summed E-state index contributed by atoms with van der Waals surface area (Å²) in [5.41, 5.74) is 0. The second-order valence-electron chi connectivity index (χ2n) is 11.8. The van der Waals surface area contributed by atoms with Crippen molar-refractivity contribution in [2.75, 3.05) is 52.5 Å². The molecule has 2 bridgehead atoms. The zero-order chi connectivity index (χ0) is 27.5. The predicted molar refractivity (Wildman–Crippen MR) is 153 cm³/mol. The Balaban J connectivity index is 1.49. The number of alkyl carbamates (subject to hydrolysis) is 1. The minimum atomic E-state index is -4.11. The molecule has 224 valence electrons. The maximum atomic E-state index is 12.4. The number of piperidine rings is 3. The van der Waals surface area contributed by atoms with Crippen LogP contribution in [0, 0.1) is 11.8 Å². The molecule has 8 nitrogen and oxygen atoms in total. The van der Waals surface area contributed by atoms with Crippen LogP contribution < -0.4 is 5.32 Å². The van der Waals surface area contributed by atoms with Crippen molar-refractivity contribution in [1.29, 1.82) is 0 Å². The molecule has 0 aliphatic carbocycles. The van der Waals surface area contributed by atoms with Gasteiger partial charge in [-0.25, -0.2) is 9.36 Å². The van der Waals surface area contributed by atoms with Gasteiger partial charge in [0.15, 0.2) is 0 Å². The molecule has 2 atom stereocenters. The van der Waals surface area contributed by atoms with Crippen molar-refractivity contribution in [2.45, 2.75) is 117 Å². The van der Waals surface area contributed by atoms with Crippen molar-refractivity contribution in [3.8, 4) is 0 Å². The third-order valence-electron chi connectivity index (χ3n) is 8.49. The highest BCUT2D eigenvalue weighted by molar-refractivity contribution is 7.47. The van der Waals surface area contributed by atoms with Crippen LogP contribution in [0.2, 0.25) is 0 Å². The van der Waals surface area contributed by atoms with E-state index in [1.807, 2.05) is 6.92 Å². The van der Waals surface area contributed by atoms with Crippen LogP contribution in [0.4, 0.5) is 4.79 Å². The molecule has 2 N–H and O–H groups in total. The van der Waals surface area contributed by atoms with Crippen LogP contribution in [0.15, 0.2) is 0 Å². The Kier molecular flexibility index (Phi) is 17.1. The predicted octanol–water partition coefficient (Wildman–Crippen LogP) is 7.20. The van der Waals surface area contributed by atoms with E-state index in [0.29, 0.717) is 6.54 Å². The van der Waals surface area contributed by atoms with Crippen LogP contribution in [0.3, 0.4) is 0 Å². The van der Waals surface area contributed by atoms with Crippen molar-refractivity contribution in [2.24, 2.45) is 11.8 Å². The first-order valence-electron chi connectivity index (χ1n) is 15.8. The van der Waals surface area contributed by atoms with Gasteiger partial charge in [0.05, 0.1) is 46.0 Å². The number of hydrogen-bond donors (Lipinski definition) is 2. The molecule has 0 spiro atoms. The van der Waals surface area contributed by atoms with Gasteiger partial charge in [-0.05, 0) is 50.9 Å². The number of nitrogens with one attached hydrogen (secondary N) is 1. The maximum Gasteiger partial charge on any atom is 0.472 e. The fraction of sp³-hybridized carbons (Fsp3) is 0.966. The molecular weight excluding hydrogens is 503 g/mol. The van der Waals surface area contributed by atoms with E-state index in [2.05, 4.69) is 12.2 Å². The monoisotopic (exact) mass is 561 g/mol. The summed E-state index contributed by atoms with van der Waals surface area (Å²) in [7, 11) is -4.11. The molecule has 3 aliphatic heterocycles. The summed E-state index contributed by atoms with van der Waals surface area (Å²) >= 11 is 0. The van der Waals surface area contributed by atoms with E-state index in [4.69, 9.17) is 13.8 Å². The van der Waals surface area contributed by atoms with Gasteiger partial charge in [-0.2, -0.15) is 0 Å². The summed E-state index contributed by atoms with van der Waals surface area (Å²) in [5.74, 6) is 0.817. The van der Waals surface area contributed by atoms with Gasteiger partial charge in [0.1, 0.15) is 0 Å². The molecule has 3 saturated heterocycles. The highest BCUT2D eigenvalue weighted by atomic mass is 31.2. The number of unbranched alkanes of at least 4 members (excludes halogenated alkanes) is 9. The van der Waals surface area contributed by atoms with E-state index in [-0.39, 0.29) is 25.7 Å². The quantitative estimate of drug-likeness (QED) is 0.0778. The van der Waals surface area contributed by atoms with Gasteiger partial charge in [-0.1, -0.05) is 71.6 Å². The number of phosphoric ester groups is 1. The van der Waals surface area contributed by atoms with Gasteiger partial charge in [-0.3, -0.25) is 9.05 Å². The SMILES string of the molecule is CCCCCCCCCCCNC(=O)OCC(CCC)COP(=O)(O)OCCCC[N+]12CCC(CC1)CC2. The van der Waals surface area contributed by atoms with E-state index in [0.717, 1.165) is 51.0 Å². The van der Waals surface area contributed by atoms with Crippen LogP contribution in [-0.2, 0) is 18.3 Å². The van der Waals surface area contributed by atoms with Gasteiger partial charge in [0.2, 0.25) is 0 Å². The molecule has 0 aromatic carbocycles. The number of nitrogens with zero attached hydrogens (tertiary/aromatic N) is 1. The Bertz CT molecular complexity index is 658. The molecular formula is C29H58N2O6P+. The Morgan fingerprint density at radius 2 is 1.50 bits per heavy atom. The summed E-state index contributed by atoms with van der Waals surface area (Å²) in [6.07, 6.45) is 18.2. The average Bonchev–Trinajstić information content (AvgIpc) is 2.92.